The molecule has 0 unspecified atom stereocenters. The summed E-state index contributed by atoms with van der Waals surface area (Å²) in [6.07, 6.45) is 6.31. The van der Waals surface area contributed by atoms with E-state index >= 15 is 0 Å². The minimum atomic E-state index is -0.681. The van der Waals surface area contributed by atoms with Crippen molar-refractivity contribution >= 4 is 39.8 Å². The molecule has 2 fully saturated rings. The van der Waals surface area contributed by atoms with Crippen LogP contribution in [0.3, 0.4) is 0 Å². The number of anilines is 2. The van der Waals surface area contributed by atoms with E-state index in [-0.39, 0.29) is 18.7 Å². The second-order valence-corrected chi connectivity index (χ2v) is 12.2. The van der Waals surface area contributed by atoms with Gasteiger partial charge in [0.2, 0.25) is 5.91 Å². The molecular weight excluding hydrogens is 583 g/mol. The van der Waals surface area contributed by atoms with Crippen molar-refractivity contribution in [1.29, 1.82) is 5.26 Å². The number of halogens is 2. The van der Waals surface area contributed by atoms with Crippen LogP contribution < -0.4 is 14.5 Å². The quantitative estimate of drug-likeness (QED) is 0.361. The zero-order valence-corrected chi connectivity index (χ0v) is 25.6. The van der Waals surface area contributed by atoms with Crippen molar-refractivity contribution in [2.45, 2.75) is 50.7 Å². The van der Waals surface area contributed by atoms with Gasteiger partial charge in [-0.2, -0.15) is 15.2 Å². The maximum Gasteiger partial charge on any atom is 0.318 e. The van der Waals surface area contributed by atoms with Crippen LogP contribution in [-0.2, 0) is 17.8 Å². The Morgan fingerprint density at radius 1 is 1.18 bits per heavy atom. The smallest absolute Gasteiger partial charge is 0.318 e. The van der Waals surface area contributed by atoms with Gasteiger partial charge in [0.15, 0.2) is 0 Å². The SMILES string of the molecule is C=C(F)CC(=O)N1CCN(c2nc(OC[C@@H]3CCCN3C)nc3c2CCN(c2cncc4cccc(Cl)c24)C3)C[C@@H]1CC#N. The molecule has 2 atom stereocenters. The maximum absolute atomic E-state index is 13.5. The molecule has 0 radical (unpaired) electrons. The van der Waals surface area contributed by atoms with Gasteiger partial charge in [0.1, 0.15) is 18.3 Å². The Kier molecular flexibility index (Phi) is 8.82. The Labute approximate surface area is 261 Å². The van der Waals surface area contributed by atoms with Gasteiger partial charge in [0.05, 0.1) is 54.1 Å². The van der Waals surface area contributed by atoms with Gasteiger partial charge in [0, 0.05) is 54.8 Å². The lowest BCUT2D eigenvalue weighted by atomic mass is 10.0. The van der Waals surface area contributed by atoms with E-state index in [1.54, 1.807) is 4.90 Å². The lowest BCUT2D eigenvalue weighted by Gasteiger charge is -2.42. The number of nitriles is 1. The number of benzene rings is 1. The second-order valence-electron chi connectivity index (χ2n) is 11.8. The lowest BCUT2D eigenvalue weighted by Crippen LogP contribution is -2.55. The summed E-state index contributed by atoms with van der Waals surface area (Å²) in [6.45, 7) is 7.26. The molecule has 230 valence electrons. The summed E-state index contributed by atoms with van der Waals surface area (Å²) in [5.41, 5.74) is 2.84. The largest absolute Gasteiger partial charge is 0.462 e. The molecule has 5 heterocycles. The minimum Gasteiger partial charge on any atom is -0.462 e. The zero-order chi connectivity index (χ0) is 30.8. The number of amides is 1. The minimum absolute atomic E-state index is 0.133. The number of hydrogen-bond donors (Lipinski definition) is 0. The summed E-state index contributed by atoms with van der Waals surface area (Å²) in [7, 11) is 2.11. The zero-order valence-electron chi connectivity index (χ0n) is 24.9. The number of carbonyl (C=O) groups excluding carboxylic acids is 1. The highest BCUT2D eigenvalue weighted by molar-refractivity contribution is 6.36. The molecule has 1 aromatic carbocycles. The van der Waals surface area contributed by atoms with Gasteiger partial charge in [-0.25, -0.2) is 4.39 Å². The molecule has 10 nitrogen and oxygen atoms in total. The van der Waals surface area contributed by atoms with Crippen molar-refractivity contribution in [2.24, 2.45) is 0 Å². The van der Waals surface area contributed by atoms with Gasteiger partial charge in [0.25, 0.3) is 0 Å². The number of carbonyl (C=O) groups is 1. The van der Waals surface area contributed by atoms with Gasteiger partial charge in [-0.15, -0.1) is 0 Å². The van der Waals surface area contributed by atoms with Crippen molar-refractivity contribution in [3.8, 4) is 12.1 Å². The topological polar surface area (TPSA) is 102 Å². The van der Waals surface area contributed by atoms with Crippen molar-refractivity contribution < 1.29 is 13.9 Å². The highest BCUT2D eigenvalue weighted by Crippen LogP contribution is 2.37. The molecule has 3 aliphatic heterocycles. The summed E-state index contributed by atoms with van der Waals surface area (Å²) in [4.78, 5) is 35.4. The number of aromatic nitrogens is 3. The van der Waals surface area contributed by atoms with Crippen molar-refractivity contribution in [3.05, 3.63) is 59.3 Å². The fraction of sp³-hybridized carbons (Fsp3) is 0.469. The summed E-state index contributed by atoms with van der Waals surface area (Å²) >= 11 is 6.66. The van der Waals surface area contributed by atoms with E-state index in [0.29, 0.717) is 62.8 Å². The van der Waals surface area contributed by atoms with Crippen LogP contribution in [0.1, 0.15) is 36.9 Å². The number of ether oxygens (including phenoxy) is 1. The molecule has 6 rings (SSSR count). The van der Waals surface area contributed by atoms with E-state index in [9.17, 15) is 14.4 Å². The summed E-state index contributed by atoms with van der Waals surface area (Å²) in [5, 5.41) is 12.2. The summed E-state index contributed by atoms with van der Waals surface area (Å²) < 4.78 is 19.8. The third-order valence-corrected chi connectivity index (χ3v) is 9.24. The van der Waals surface area contributed by atoms with Crippen LogP contribution in [0.2, 0.25) is 5.02 Å². The number of fused-ring (bicyclic) bond motifs is 2. The highest BCUT2D eigenvalue weighted by Gasteiger charge is 2.34. The molecule has 0 saturated carbocycles. The first-order valence-electron chi connectivity index (χ1n) is 15.1. The Morgan fingerprint density at radius 2 is 2.05 bits per heavy atom. The first-order valence-corrected chi connectivity index (χ1v) is 15.4. The molecule has 0 aliphatic carbocycles. The van der Waals surface area contributed by atoms with Gasteiger partial charge in [-0.1, -0.05) is 30.3 Å². The molecule has 2 saturated heterocycles. The van der Waals surface area contributed by atoms with Crippen LogP contribution in [0.15, 0.2) is 43.0 Å². The third kappa shape index (κ3) is 6.14. The number of rotatable bonds is 8. The van der Waals surface area contributed by atoms with Crippen LogP contribution in [0.25, 0.3) is 10.8 Å². The molecule has 1 amide bonds. The number of likely N-dealkylation sites (tertiary alicyclic amines) is 1. The molecular formula is C32H36ClFN8O2. The van der Waals surface area contributed by atoms with E-state index < -0.39 is 11.9 Å². The number of nitrogens with zero attached hydrogens (tertiary/aromatic N) is 8. The monoisotopic (exact) mass is 618 g/mol. The predicted molar refractivity (Wildman–Crippen MR) is 167 cm³/mol. The Hall–Kier alpha value is -4.01. The lowest BCUT2D eigenvalue weighted by molar-refractivity contribution is -0.133. The standard InChI is InChI=1S/C32H36ClFN8O2/c1-21(34)15-29(43)42-14-13-41(18-23(42)8-10-35)31-25-9-12-40(28-17-36-16-22-5-3-7-26(33)30(22)28)19-27(25)37-32(38-31)44-20-24-6-4-11-39(24)2/h3,5,7,16-17,23-24H,1,4,6,8-9,11-15,18-20H2,2H3/t23-,24-/m0/s1. The van der Waals surface area contributed by atoms with E-state index in [4.69, 9.17) is 26.3 Å². The van der Waals surface area contributed by atoms with Gasteiger partial charge >= 0.3 is 6.01 Å². The van der Waals surface area contributed by atoms with E-state index in [1.165, 1.54) is 0 Å². The average molecular weight is 619 g/mol. The summed E-state index contributed by atoms with van der Waals surface area (Å²) in [6, 6.07) is 8.25. The molecule has 0 bridgehead atoms. The first-order chi connectivity index (χ1) is 21.3. The Morgan fingerprint density at radius 3 is 2.82 bits per heavy atom. The molecule has 0 N–H and O–H groups in total. The van der Waals surface area contributed by atoms with Gasteiger partial charge < -0.3 is 24.3 Å². The molecule has 3 aromatic rings. The van der Waals surface area contributed by atoms with Crippen molar-refractivity contribution in [1.82, 2.24) is 24.8 Å². The van der Waals surface area contributed by atoms with Crippen molar-refractivity contribution in [2.75, 3.05) is 56.2 Å². The normalized spacial score (nSPS) is 20.5. The van der Waals surface area contributed by atoms with E-state index in [1.807, 2.05) is 30.6 Å². The Bertz CT molecular complexity index is 1610. The molecule has 0 spiro atoms. The molecule has 12 heteroatoms. The van der Waals surface area contributed by atoms with Gasteiger partial charge in [-0.05, 0) is 38.9 Å². The number of piperazine rings is 1. The average Bonchev–Trinajstić information content (AvgIpc) is 3.43. The fourth-order valence-electron chi connectivity index (χ4n) is 6.61. The number of hydrogen-bond acceptors (Lipinski definition) is 9. The van der Waals surface area contributed by atoms with Crippen LogP contribution in [0, 0.1) is 11.3 Å². The predicted octanol–water partition coefficient (Wildman–Crippen LogP) is 4.52. The Balaban J connectivity index is 1.32. The summed E-state index contributed by atoms with van der Waals surface area (Å²) in [5.74, 6) is -0.270. The molecule has 2 aromatic heterocycles. The second kappa shape index (κ2) is 12.9. The molecule has 3 aliphatic rings. The van der Waals surface area contributed by atoms with E-state index in [0.717, 1.165) is 52.9 Å². The van der Waals surface area contributed by atoms with Crippen LogP contribution in [-0.4, -0.2) is 89.1 Å². The highest BCUT2D eigenvalue weighted by atomic mass is 35.5. The maximum atomic E-state index is 13.5. The third-order valence-electron chi connectivity index (χ3n) is 8.92. The van der Waals surface area contributed by atoms with Crippen LogP contribution in [0.4, 0.5) is 15.9 Å². The van der Waals surface area contributed by atoms with Crippen LogP contribution in [0.5, 0.6) is 6.01 Å². The fourth-order valence-corrected chi connectivity index (χ4v) is 6.89. The van der Waals surface area contributed by atoms with Crippen LogP contribution >= 0.6 is 11.6 Å². The van der Waals surface area contributed by atoms with E-state index in [2.05, 4.69) is 39.4 Å². The van der Waals surface area contributed by atoms with Gasteiger partial charge in [-0.3, -0.25) is 9.78 Å². The first kappa shape index (κ1) is 30.0. The number of pyridine rings is 1. The van der Waals surface area contributed by atoms with Crippen molar-refractivity contribution in [3.63, 3.8) is 0 Å². The number of likely N-dealkylation sites (N-methyl/N-ethyl adjacent to an activating group) is 1. The molecule has 44 heavy (non-hydrogen) atoms.